The number of nitrogens with zero attached hydrogens (tertiary/aromatic N) is 1. The van der Waals surface area contributed by atoms with Gasteiger partial charge in [-0.2, -0.15) is 0 Å². The number of amidine groups is 1. The van der Waals surface area contributed by atoms with E-state index in [1.807, 2.05) is 25.1 Å². The molecule has 0 unspecified atom stereocenters. The number of hydrogen-bond acceptors (Lipinski definition) is 5. The molecule has 1 heterocycles. The molecule has 0 aliphatic carbocycles. The van der Waals surface area contributed by atoms with Gasteiger partial charge in [0.2, 0.25) is 0 Å². The minimum Gasteiger partial charge on any atom is -0.490 e. The van der Waals surface area contributed by atoms with Crippen LogP contribution < -0.4 is 14.8 Å². The van der Waals surface area contributed by atoms with Gasteiger partial charge in [-0.05, 0) is 72.8 Å². The molecule has 0 saturated carbocycles. The molecule has 0 aromatic heterocycles. The van der Waals surface area contributed by atoms with Crippen LogP contribution in [0, 0.1) is 0 Å². The smallest absolute Gasteiger partial charge is 0.264 e. The number of ether oxygens (including phenoxy) is 2. The van der Waals surface area contributed by atoms with Crippen molar-refractivity contribution in [3.05, 3.63) is 91.8 Å². The maximum Gasteiger partial charge on any atom is 0.264 e. The highest BCUT2D eigenvalue weighted by molar-refractivity contribution is 8.18. The summed E-state index contributed by atoms with van der Waals surface area (Å²) in [5.74, 6) is 0.650. The van der Waals surface area contributed by atoms with Gasteiger partial charge in [-0.1, -0.05) is 53.0 Å². The summed E-state index contributed by atoms with van der Waals surface area (Å²) in [5, 5.41) is 4.84. The van der Waals surface area contributed by atoms with E-state index in [4.69, 9.17) is 44.3 Å². The highest BCUT2D eigenvalue weighted by Crippen LogP contribution is 2.39. The number of nitrogens with one attached hydrogen (secondary N) is 1. The Morgan fingerprint density at radius 2 is 1.76 bits per heavy atom. The van der Waals surface area contributed by atoms with Crippen LogP contribution in [0.5, 0.6) is 11.5 Å². The Morgan fingerprint density at radius 1 is 1.00 bits per heavy atom. The first-order valence-electron chi connectivity index (χ1n) is 10.3. The van der Waals surface area contributed by atoms with E-state index in [0.29, 0.717) is 54.5 Å². The van der Waals surface area contributed by atoms with Gasteiger partial charge in [0.15, 0.2) is 16.7 Å². The first-order valence-corrected chi connectivity index (χ1v) is 12.3. The number of thioether (sulfide) groups is 1. The summed E-state index contributed by atoms with van der Waals surface area (Å²) in [6.07, 6.45) is 1.73. The third-order valence-corrected chi connectivity index (χ3v) is 6.48. The van der Waals surface area contributed by atoms with Crippen LogP contribution in [0.4, 0.5) is 5.69 Å². The quantitative estimate of drug-likeness (QED) is 0.319. The van der Waals surface area contributed by atoms with E-state index >= 15 is 0 Å². The SMILES string of the molecule is CCOc1cc(/C=C2\SC(=Nc3ccc(Cl)cc3)NC2=O)cc(Cl)c1OCc1ccccc1Cl. The lowest BCUT2D eigenvalue weighted by Crippen LogP contribution is -2.19. The van der Waals surface area contributed by atoms with Crippen LogP contribution in [0.3, 0.4) is 0 Å². The zero-order chi connectivity index (χ0) is 24.1. The van der Waals surface area contributed by atoms with Gasteiger partial charge in [0.25, 0.3) is 5.91 Å². The molecule has 1 fully saturated rings. The molecule has 0 radical (unpaired) electrons. The number of carbonyl (C=O) groups is 1. The summed E-state index contributed by atoms with van der Waals surface area (Å²) in [6, 6.07) is 18.0. The average Bonchev–Trinajstić information content (AvgIpc) is 3.14. The van der Waals surface area contributed by atoms with Crippen molar-refractivity contribution in [1.29, 1.82) is 0 Å². The standard InChI is InChI=1S/C25H19Cl3N2O3S/c1-2-32-21-12-15(11-20(28)23(21)33-14-16-5-3-4-6-19(16)27)13-22-24(31)30-25(34-22)29-18-9-7-17(26)8-10-18/h3-13H,2,14H2,1H3,(H,29,30,31)/b22-13-. The summed E-state index contributed by atoms with van der Waals surface area (Å²) in [6.45, 7) is 2.53. The van der Waals surface area contributed by atoms with Crippen molar-refractivity contribution < 1.29 is 14.3 Å². The summed E-state index contributed by atoms with van der Waals surface area (Å²) in [5.41, 5.74) is 2.22. The van der Waals surface area contributed by atoms with E-state index in [9.17, 15) is 4.79 Å². The molecule has 0 bridgehead atoms. The Balaban J connectivity index is 1.56. The number of rotatable bonds is 7. The van der Waals surface area contributed by atoms with Crippen LogP contribution in [-0.4, -0.2) is 17.7 Å². The van der Waals surface area contributed by atoms with Crippen molar-refractivity contribution in [3.63, 3.8) is 0 Å². The number of hydrogen-bond donors (Lipinski definition) is 1. The molecule has 9 heteroatoms. The Kier molecular flexibility index (Phi) is 8.06. The van der Waals surface area contributed by atoms with Gasteiger partial charge in [0, 0.05) is 15.6 Å². The monoisotopic (exact) mass is 532 g/mol. The molecule has 0 spiro atoms. The van der Waals surface area contributed by atoms with Gasteiger partial charge in [0.1, 0.15) is 6.61 Å². The van der Waals surface area contributed by atoms with E-state index in [0.717, 1.165) is 5.56 Å². The largest absolute Gasteiger partial charge is 0.490 e. The van der Waals surface area contributed by atoms with Crippen LogP contribution >= 0.6 is 46.6 Å². The van der Waals surface area contributed by atoms with Gasteiger partial charge in [-0.25, -0.2) is 4.99 Å². The van der Waals surface area contributed by atoms with Crippen molar-refractivity contribution in [1.82, 2.24) is 5.32 Å². The number of amides is 1. The lowest BCUT2D eigenvalue weighted by molar-refractivity contribution is -0.115. The molecule has 1 amide bonds. The molecule has 4 rings (SSSR count). The van der Waals surface area contributed by atoms with Crippen molar-refractivity contribution >= 4 is 69.4 Å². The predicted octanol–water partition coefficient (Wildman–Crippen LogP) is 7.52. The number of halogens is 3. The number of carbonyl (C=O) groups excluding carboxylic acids is 1. The fraction of sp³-hybridized carbons (Fsp3) is 0.120. The van der Waals surface area contributed by atoms with Gasteiger partial charge < -0.3 is 14.8 Å². The van der Waals surface area contributed by atoms with Crippen LogP contribution in [0.15, 0.2) is 70.6 Å². The molecule has 1 aliphatic rings. The summed E-state index contributed by atoms with van der Waals surface area (Å²) in [7, 11) is 0. The van der Waals surface area contributed by atoms with Crippen LogP contribution in [0.2, 0.25) is 15.1 Å². The normalized spacial score (nSPS) is 15.6. The van der Waals surface area contributed by atoms with E-state index in [1.165, 1.54) is 11.8 Å². The van der Waals surface area contributed by atoms with Crippen LogP contribution in [0.1, 0.15) is 18.1 Å². The first-order chi connectivity index (χ1) is 16.4. The summed E-state index contributed by atoms with van der Waals surface area (Å²) >= 11 is 19.9. The van der Waals surface area contributed by atoms with Crippen LogP contribution in [-0.2, 0) is 11.4 Å². The lowest BCUT2D eigenvalue weighted by atomic mass is 10.1. The second-order valence-corrected chi connectivity index (χ2v) is 9.38. The van der Waals surface area contributed by atoms with Gasteiger partial charge in [-0.3, -0.25) is 4.79 Å². The molecule has 34 heavy (non-hydrogen) atoms. The molecular weight excluding hydrogens is 515 g/mol. The van der Waals surface area contributed by atoms with Crippen molar-refractivity contribution in [3.8, 4) is 11.5 Å². The highest BCUT2D eigenvalue weighted by atomic mass is 35.5. The molecular formula is C25H19Cl3N2O3S. The summed E-state index contributed by atoms with van der Waals surface area (Å²) in [4.78, 5) is 17.4. The molecule has 1 aliphatic heterocycles. The number of aliphatic imine (C=N–C) groups is 1. The van der Waals surface area contributed by atoms with E-state index in [-0.39, 0.29) is 12.5 Å². The molecule has 174 valence electrons. The predicted molar refractivity (Wildman–Crippen MR) is 141 cm³/mol. The Bertz CT molecular complexity index is 1280. The molecule has 3 aromatic carbocycles. The first kappa shape index (κ1) is 24.5. The topological polar surface area (TPSA) is 59.9 Å². The van der Waals surface area contributed by atoms with E-state index in [1.54, 1.807) is 48.5 Å². The molecule has 1 saturated heterocycles. The second-order valence-electron chi connectivity index (χ2n) is 7.10. The third kappa shape index (κ3) is 6.07. The Hall–Kier alpha value is -2.64. The Morgan fingerprint density at radius 3 is 2.50 bits per heavy atom. The Labute approximate surface area is 216 Å². The van der Waals surface area contributed by atoms with Gasteiger partial charge >= 0.3 is 0 Å². The fourth-order valence-corrected chi connectivity index (χ4v) is 4.54. The minimum absolute atomic E-state index is 0.239. The zero-order valence-electron chi connectivity index (χ0n) is 18.0. The number of benzene rings is 3. The van der Waals surface area contributed by atoms with E-state index < -0.39 is 0 Å². The summed E-state index contributed by atoms with van der Waals surface area (Å²) < 4.78 is 11.7. The van der Waals surface area contributed by atoms with Crippen molar-refractivity contribution in [2.45, 2.75) is 13.5 Å². The van der Waals surface area contributed by atoms with Crippen LogP contribution in [0.25, 0.3) is 6.08 Å². The fourth-order valence-electron chi connectivity index (χ4n) is 3.10. The van der Waals surface area contributed by atoms with Gasteiger partial charge in [-0.15, -0.1) is 0 Å². The lowest BCUT2D eigenvalue weighted by Gasteiger charge is -2.15. The zero-order valence-corrected chi connectivity index (χ0v) is 21.1. The molecule has 1 N–H and O–H groups in total. The third-order valence-electron chi connectivity index (χ3n) is 4.67. The maximum absolute atomic E-state index is 12.5. The highest BCUT2D eigenvalue weighted by Gasteiger charge is 2.24. The molecule has 3 aromatic rings. The van der Waals surface area contributed by atoms with Gasteiger partial charge in [0.05, 0.1) is 22.2 Å². The maximum atomic E-state index is 12.5. The van der Waals surface area contributed by atoms with E-state index in [2.05, 4.69) is 10.3 Å². The molecule has 0 atom stereocenters. The average molecular weight is 534 g/mol. The molecule has 5 nitrogen and oxygen atoms in total. The van der Waals surface area contributed by atoms with Crippen molar-refractivity contribution in [2.75, 3.05) is 6.61 Å². The minimum atomic E-state index is -0.245. The van der Waals surface area contributed by atoms with Crippen molar-refractivity contribution in [2.24, 2.45) is 4.99 Å². The second kappa shape index (κ2) is 11.2.